The number of unbranched alkanes of at least 4 members (excludes halogenated alkanes) is 1. The Morgan fingerprint density at radius 1 is 1.28 bits per heavy atom. The lowest BCUT2D eigenvalue weighted by atomic mass is 10.2. The van der Waals surface area contributed by atoms with Crippen molar-refractivity contribution in [2.75, 3.05) is 26.2 Å². The van der Waals surface area contributed by atoms with E-state index in [1.807, 2.05) is 12.1 Å². The highest BCUT2D eigenvalue weighted by Gasteiger charge is 2.54. The Bertz CT molecular complexity index is 780. The second-order valence-electron chi connectivity index (χ2n) is 8.10. The first kappa shape index (κ1) is 21.8. The largest absolute Gasteiger partial charge is 0.476 e. The van der Waals surface area contributed by atoms with Crippen molar-refractivity contribution in [3.63, 3.8) is 0 Å². The van der Waals surface area contributed by atoms with Crippen molar-refractivity contribution < 1.29 is 9.90 Å². The number of halogens is 1. The van der Waals surface area contributed by atoms with Gasteiger partial charge in [-0.25, -0.2) is 9.78 Å². The fourth-order valence-corrected chi connectivity index (χ4v) is 4.24. The molecule has 158 valence electrons. The van der Waals surface area contributed by atoms with Crippen molar-refractivity contribution in [2.45, 2.75) is 26.3 Å². The first-order valence-corrected chi connectivity index (χ1v) is 10.7. The Kier molecular flexibility index (Phi) is 7.70. The number of aromatic nitrogens is 2. The quantitative estimate of drug-likeness (QED) is 0.642. The van der Waals surface area contributed by atoms with Gasteiger partial charge in [-0.05, 0) is 55.0 Å². The van der Waals surface area contributed by atoms with E-state index >= 15 is 0 Å². The van der Waals surface area contributed by atoms with Crippen molar-refractivity contribution in [3.8, 4) is 0 Å². The van der Waals surface area contributed by atoms with Crippen LogP contribution in [0.4, 0.5) is 0 Å². The normalized spacial score (nSPS) is 22.7. The molecule has 1 aliphatic heterocycles. The molecule has 6 nitrogen and oxygen atoms in total. The first-order valence-electron chi connectivity index (χ1n) is 10.4. The predicted octanol–water partition coefficient (Wildman–Crippen LogP) is 3.53. The molecule has 29 heavy (non-hydrogen) atoms. The lowest BCUT2D eigenvalue weighted by Gasteiger charge is -2.19. The lowest BCUT2D eigenvalue weighted by molar-refractivity contribution is 0.0691. The van der Waals surface area contributed by atoms with Gasteiger partial charge in [-0.15, -0.1) is 0 Å². The summed E-state index contributed by atoms with van der Waals surface area (Å²) in [6.45, 7) is 8.34. The molecular formula is C22H31ClN4O2. The molecule has 1 aromatic carbocycles. The number of carboxylic acids is 1. The van der Waals surface area contributed by atoms with Crippen molar-refractivity contribution in [1.29, 1.82) is 0 Å². The maximum absolute atomic E-state index is 10.1. The van der Waals surface area contributed by atoms with Gasteiger partial charge in [0.25, 0.3) is 0 Å². The van der Waals surface area contributed by atoms with Gasteiger partial charge in [-0.1, -0.05) is 37.1 Å². The molecular weight excluding hydrogens is 388 g/mol. The van der Waals surface area contributed by atoms with Crippen LogP contribution in [0.1, 0.15) is 35.8 Å². The van der Waals surface area contributed by atoms with E-state index in [0.717, 1.165) is 29.3 Å². The highest BCUT2D eigenvalue weighted by molar-refractivity contribution is 6.30. The number of carboxylic acid groups (broad SMARTS) is 1. The molecule has 4 rings (SSSR count). The lowest BCUT2D eigenvalue weighted by Crippen LogP contribution is -2.27. The summed E-state index contributed by atoms with van der Waals surface area (Å²) in [6.07, 6.45) is 5.50. The summed E-state index contributed by atoms with van der Waals surface area (Å²) in [5.41, 5.74) is 1.46. The van der Waals surface area contributed by atoms with Crippen LogP contribution in [0.5, 0.6) is 0 Å². The van der Waals surface area contributed by atoms with Gasteiger partial charge < -0.3 is 15.0 Å². The number of hydrogen-bond donors (Lipinski definition) is 2. The van der Waals surface area contributed by atoms with Crippen LogP contribution in [0.25, 0.3) is 0 Å². The minimum absolute atomic E-state index is 0.0810. The number of nitrogens with zero attached hydrogens (tertiary/aromatic N) is 3. The number of likely N-dealkylation sites (tertiary alicyclic amines) is 1. The van der Waals surface area contributed by atoms with Gasteiger partial charge in [0.1, 0.15) is 0 Å². The Morgan fingerprint density at radius 2 is 1.97 bits per heavy atom. The first-order chi connectivity index (χ1) is 14.0. The fraction of sp³-hybridized carbons (Fsp3) is 0.545. The molecule has 2 N–H and O–H groups in total. The maximum Gasteiger partial charge on any atom is 0.356 e. The molecule has 2 heterocycles. The van der Waals surface area contributed by atoms with Crippen molar-refractivity contribution >= 4 is 17.6 Å². The van der Waals surface area contributed by atoms with Gasteiger partial charge in [0.15, 0.2) is 5.69 Å². The number of aryl methyl sites for hydroxylation is 1. The third-order valence-corrected chi connectivity index (χ3v) is 6.03. The van der Waals surface area contributed by atoms with Gasteiger partial charge in [0, 0.05) is 37.9 Å². The smallest absolute Gasteiger partial charge is 0.356 e. The van der Waals surface area contributed by atoms with E-state index in [0.29, 0.717) is 0 Å². The summed E-state index contributed by atoms with van der Waals surface area (Å²) in [6, 6.07) is 8.29. The number of piperidine rings is 1. The molecule has 0 spiro atoms. The van der Waals surface area contributed by atoms with Gasteiger partial charge in [0.2, 0.25) is 0 Å². The monoisotopic (exact) mass is 418 g/mol. The van der Waals surface area contributed by atoms with Crippen LogP contribution in [0.15, 0.2) is 36.8 Å². The van der Waals surface area contributed by atoms with Crippen LogP contribution >= 0.6 is 11.6 Å². The number of imidazole rings is 1. The second-order valence-corrected chi connectivity index (χ2v) is 8.54. The van der Waals surface area contributed by atoms with E-state index < -0.39 is 5.97 Å². The molecule has 2 atom stereocenters. The van der Waals surface area contributed by atoms with Crippen molar-refractivity contribution in [2.24, 2.45) is 24.8 Å². The highest BCUT2D eigenvalue weighted by atomic mass is 35.5. The third kappa shape index (κ3) is 6.29. The summed E-state index contributed by atoms with van der Waals surface area (Å²) in [5.74, 6) is 1.87. The van der Waals surface area contributed by atoms with Crippen LogP contribution in [0, 0.1) is 17.8 Å². The molecule has 0 bridgehead atoms. The minimum atomic E-state index is -0.990. The van der Waals surface area contributed by atoms with Gasteiger partial charge in [-0.3, -0.25) is 4.90 Å². The molecule has 0 amide bonds. The van der Waals surface area contributed by atoms with Gasteiger partial charge in [-0.2, -0.15) is 0 Å². The van der Waals surface area contributed by atoms with E-state index in [9.17, 15) is 4.79 Å². The molecule has 2 aliphatic rings. The Balaban J connectivity index is 0.000000224. The number of aromatic carboxylic acids is 1. The fourth-order valence-electron chi connectivity index (χ4n) is 4.11. The number of hydrogen-bond acceptors (Lipinski definition) is 4. The van der Waals surface area contributed by atoms with E-state index in [1.54, 1.807) is 11.6 Å². The molecule has 2 unspecified atom stereocenters. The third-order valence-electron chi connectivity index (χ3n) is 5.78. The zero-order valence-corrected chi connectivity index (χ0v) is 18.0. The SMILES string of the molecule is CCCCNCC1C2CN(Cc3ccc(Cl)cc3)CC12.Cn1cnc(C(=O)O)c1. The van der Waals surface area contributed by atoms with Gasteiger partial charge in [0.05, 0.1) is 6.33 Å². The van der Waals surface area contributed by atoms with E-state index in [4.69, 9.17) is 16.7 Å². The second kappa shape index (κ2) is 10.2. The molecule has 1 saturated heterocycles. The zero-order chi connectivity index (χ0) is 20.8. The molecule has 0 radical (unpaired) electrons. The zero-order valence-electron chi connectivity index (χ0n) is 17.2. The van der Waals surface area contributed by atoms with E-state index in [-0.39, 0.29) is 5.69 Å². The van der Waals surface area contributed by atoms with Crippen LogP contribution in [-0.4, -0.2) is 51.7 Å². The summed E-state index contributed by atoms with van der Waals surface area (Å²) in [4.78, 5) is 16.3. The average molecular weight is 419 g/mol. The number of fused-ring (bicyclic) bond motifs is 1. The molecule has 1 aromatic heterocycles. The Morgan fingerprint density at radius 3 is 2.48 bits per heavy atom. The van der Waals surface area contributed by atoms with Crippen LogP contribution in [-0.2, 0) is 13.6 Å². The number of carbonyl (C=O) groups is 1. The Hall–Kier alpha value is -1.89. The number of benzene rings is 1. The van der Waals surface area contributed by atoms with E-state index in [2.05, 4.69) is 34.3 Å². The summed E-state index contributed by atoms with van der Waals surface area (Å²) >= 11 is 5.93. The highest BCUT2D eigenvalue weighted by Crippen LogP contribution is 2.51. The summed E-state index contributed by atoms with van der Waals surface area (Å²) in [7, 11) is 1.72. The molecule has 1 saturated carbocycles. The maximum atomic E-state index is 10.1. The average Bonchev–Trinajstić information content (AvgIpc) is 3.03. The van der Waals surface area contributed by atoms with E-state index in [1.165, 1.54) is 57.1 Å². The molecule has 2 fully saturated rings. The van der Waals surface area contributed by atoms with Crippen LogP contribution in [0.3, 0.4) is 0 Å². The number of nitrogens with one attached hydrogen (secondary N) is 1. The van der Waals surface area contributed by atoms with Crippen LogP contribution in [0.2, 0.25) is 5.02 Å². The van der Waals surface area contributed by atoms with Crippen molar-refractivity contribution in [3.05, 3.63) is 53.1 Å². The molecule has 7 heteroatoms. The standard InChI is InChI=1S/C17H25ClN2.C5H6N2O2/c1-2-3-8-19-9-15-16-11-20(12-17(15)16)10-13-4-6-14(18)7-5-13;1-7-2-4(5(8)9)6-3-7/h4-7,15-17,19H,2-3,8-12H2,1H3;2-3H,1H3,(H,8,9). The predicted molar refractivity (Wildman–Crippen MR) is 115 cm³/mol. The molecule has 1 aliphatic carbocycles. The summed E-state index contributed by atoms with van der Waals surface area (Å²) < 4.78 is 1.59. The van der Waals surface area contributed by atoms with Crippen LogP contribution < -0.4 is 5.32 Å². The topological polar surface area (TPSA) is 70.4 Å². The minimum Gasteiger partial charge on any atom is -0.476 e. The molecule has 2 aromatic rings. The summed E-state index contributed by atoms with van der Waals surface area (Å²) in [5, 5.41) is 12.8. The Labute approximate surface area is 177 Å². The number of rotatable bonds is 8. The van der Waals surface area contributed by atoms with Crippen molar-refractivity contribution in [1.82, 2.24) is 19.8 Å². The van der Waals surface area contributed by atoms with Gasteiger partial charge >= 0.3 is 5.97 Å².